The van der Waals surface area contributed by atoms with Gasteiger partial charge in [-0.15, -0.1) is 0 Å². The molecule has 0 spiro atoms. The fourth-order valence-electron chi connectivity index (χ4n) is 2.03. The minimum Gasteiger partial charge on any atom is -0.494 e. The molecule has 1 unspecified atom stereocenters. The second kappa shape index (κ2) is 7.67. The molecule has 0 radical (unpaired) electrons. The Morgan fingerprint density at radius 1 is 1.15 bits per heavy atom. The average Bonchev–Trinajstić information content (AvgIpc) is 2.45. The van der Waals surface area contributed by atoms with Gasteiger partial charge in [0, 0.05) is 9.50 Å². The van der Waals surface area contributed by atoms with Gasteiger partial charge in [0.2, 0.25) is 0 Å². The van der Waals surface area contributed by atoms with Crippen LogP contribution in [0, 0.1) is 0 Å². The van der Waals surface area contributed by atoms with E-state index < -0.39 is 0 Å². The second-order valence-electron chi connectivity index (χ2n) is 4.58. The lowest BCUT2D eigenvalue weighted by molar-refractivity contribution is 0.298. The quantitative estimate of drug-likeness (QED) is 0.822. The van der Waals surface area contributed by atoms with Gasteiger partial charge in [0.25, 0.3) is 0 Å². The molecule has 1 atom stereocenters. The zero-order valence-electron chi connectivity index (χ0n) is 11.1. The molecule has 0 aromatic heterocycles. The van der Waals surface area contributed by atoms with Crippen LogP contribution in [0.15, 0.2) is 53.0 Å². The van der Waals surface area contributed by atoms with Crippen molar-refractivity contribution in [3.05, 3.63) is 63.6 Å². The topological polar surface area (TPSA) is 35.2 Å². The summed E-state index contributed by atoms with van der Waals surface area (Å²) >= 11 is 9.41. The molecular weight excluding hydrogens is 338 g/mol. The molecule has 2 aromatic carbocycles. The molecule has 0 saturated carbocycles. The van der Waals surface area contributed by atoms with Gasteiger partial charge >= 0.3 is 0 Å². The van der Waals surface area contributed by atoms with Crippen molar-refractivity contribution in [2.45, 2.75) is 12.3 Å². The highest BCUT2D eigenvalue weighted by molar-refractivity contribution is 9.10. The van der Waals surface area contributed by atoms with E-state index in [-0.39, 0.29) is 5.92 Å². The summed E-state index contributed by atoms with van der Waals surface area (Å²) < 4.78 is 6.78. The van der Waals surface area contributed by atoms with Crippen LogP contribution in [-0.4, -0.2) is 13.2 Å². The molecular formula is C16H17BrClNO. The molecule has 0 aliphatic rings. The highest BCUT2D eigenvalue weighted by Crippen LogP contribution is 2.23. The van der Waals surface area contributed by atoms with Crippen LogP contribution < -0.4 is 10.5 Å². The standard InChI is InChI=1S/C16H17BrClNO/c17-14-4-6-16(7-5-14)20-9-8-13(11-19)12-2-1-3-15(18)10-12/h1-7,10,13H,8-9,11,19H2. The van der Waals surface area contributed by atoms with E-state index in [0.29, 0.717) is 13.2 Å². The molecule has 20 heavy (non-hydrogen) atoms. The first-order valence-corrected chi connectivity index (χ1v) is 7.70. The normalized spacial score (nSPS) is 12.2. The van der Waals surface area contributed by atoms with Gasteiger partial charge in [-0.05, 0) is 60.8 Å². The van der Waals surface area contributed by atoms with Crippen molar-refractivity contribution in [3.8, 4) is 5.75 Å². The Kier molecular flexibility index (Phi) is 5.89. The first kappa shape index (κ1) is 15.4. The molecule has 0 saturated heterocycles. The molecule has 106 valence electrons. The van der Waals surface area contributed by atoms with E-state index in [4.69, 9.17) is 22.1 Å². The summed E-state index contributed by atoms with van der Waals surface area (Å²) in [6.07, 6.45) is 0.868. The largest absolute Gasteiger partial charge is 0.494 e. The van der Waals surface area contributed by atoms with Crippen molar-refractivity contribution < 1.29 is 4.74 Å². The maximum atomic E-state index is 6.01. The fraction of sp³-hybridized carbons (Fsp3) is 0.250. The van der Waals surface area contributed by atoms with Gasteiger partial charge < -0.3 is 10.5 Å². The molecule has 2 rings (SSSR count). The first-order chi connectivity index (χ1) is 9.69. The van der Waals surface area contributed by atoms with Gasteiger partial charge in [0.15, 0.2) is 0 Å². The first-order valence-electron chi connectivity index (χ1n) is 6.53. The zero-order valence-corrected chi connectivity index (χ0v) is 13.4. The highest BCUT2D eigenvalue weighted by Gasteiger charge is 2.10. The molecule has 0 fully saturated rings. The van der Waals surface area contributed by atoms with E-state index >= 15 is 0 Å². The number of hydrogen-bond acceptors (Lipinski definition) is 2. The molecule has 0 amide bonds. The van der Waals surface area contributed by atoms with Gasteiger partial charge in [-0.25, -0.2) is 0 Å². The highest BCUT2D eigenvalue weighted by atomic mass is 79.9. The van der Waals surface area contributed by atoms with E-state index in [0.717, 1.165) is 21.7 Å². The fourth-order valence-corrected chi connectivity index (χ4v) is 2.49. The number of halogens is 2. The molecule has 0 heterocycles. The number of hydrogen-bond donors (Lipinski definition) is 1. The van der Waals surface area contributed by atoms with Crippen molar-refractivity contribution in [1.82, 2.24) is 0 Å². The van der Waals surface area contributed by atoms with Gasteiger partial charge in [-0.1, -0.05) is 39.7 Å². The number of rotatable bonds is 6. The Bertz CT molecular complexity index is 544. The monoisotopic (exact) mass is 353 g/mol. The van der Waals surface area contributed by atoms with Crippen LogP contribution in [0.1, 0.15) is 17.9 Å². The number of benzene rings is 2. The maximum Gasteiger partial charge on any atom is 0.119 e. The molecule has 2 N–H and O–H groups in total. The molecule has 0 aliphatic heterocycles. The number of ether oxygens (including phenoxy) is 1. The SMILES string of the molecule is NCC(CCOc1ccc(Br)cc1)c1cccc(Cl)c1. The van der Waals surface area contributed by atoms with Crippen LogP contribution in [0.4, 0.5) is 0 Å². The lowest BCUT2D eigenvalue weighted by Gasteiger charge is -2.16. The second-order valence-corrected chi connectivity index (χ2v) is 5.93. The third-order valence-electron chi connectivity index (χ3n) is 3.15. The predicted octanol–water partition coefficient (Wildman–Crippen LogP) is 4.61. The Balaban J connectivity index is 1.89. The summed E-state index contributed by atoms with van der Waals surface area (Å²) in [6.45, 7) is 1.22. The molecule has 0 bridgehead atoms. The number of nitrogens with two attached hydrogens (primary N) is 1. The summed E-state index contributed by atoms with van der Waals surface area (Å²) in [5.74, 6) is 1.14. The lowest BCUT2D eigenvalue weighted by Crippen LogP contribution is -2.15. The van der Waals surface area contributed by atoms with Crippen molar-refractivity contribution in [2.24, 2.45) is 5.73 Å². The molecule has 0 aliphatic carbocycles. The van der Waals surface area contributed by atoms with Crippen molar-refractivity contribution >= 4 is 27.5 Å². The average molecular weight is 355 g/mol. The van der Waals surface area contributed by atoms with E-state index in [2.05, 4.69) is 22.0 Å². The minimum absolute atomic E-state index is 0.268. The third kappa shape index (κ3) is 4.51. The van der Waals surface area contributed by atoms with Crippen molar-refractivity contribution in [1.29, 1.82) is 0 Å². The van der Waals surface area contributed by atoms with E-state index in [1.165, 1.54) is 5.56 Å². The van der Waals surface area contributed by atoms with Crippen LogP contribution in [0.25, 0.3) is 0 Å². The Morgan fingerprint density at radius 3 is 2.55 bits per heavy atom. The van der Waals surface area contributed by atoms with E-state index in [9.17, 15) is 0 Å². The summed E-state index contributed by atoms with van der Waals surface area (Å²) in [6, 6.07) is 15.7. The van der Waals surface area contributed by atoms with Crippen molar-refractivity contribution in [3.63, 3.8) is 0 Å². The predicted molar refractivity (Wildman–Crippen MR) is 87.5 cm³/mol. The summed E-state index contributed by atoms with van der Waals surface area (Å²) in [5.41, 5.74) is 7.02. The van der Waals surface area contributed by atoms with Gasteiger partial charge in [0.1, 0.15) is 5.75 Å². The van der Waals surface area contributed by atoms with E-state index in [1.807, 2.05) is 42.5 Å². The summed E-state index contributed by atoms with van der Waals surface area (Å²) in [7, 11) is 0. The van der Waals surface area contributed by atoms with Gasteiger partial charge in [-0.2, -0.15) is 0 Å². The lowest BCUT2D eigenvalue weighted by atomic mass is 9.96. The van der Waals surface area contributed by atoms with E-state index in [1.54, 1.807) is 0 Å². The smallest absolute Gasteiger partial charge is 0.119 e. The summed E-state index contributed by atoms with van der Waals surface area (Å²) in [5, 5.41) is 0.745. The van der Waals surface area contributed by atoms with Crippen LogP contribution in [0.2, 0.25) is 5.02 Å². The minimum atomic E-state index is 0.268. The maximum absolute atomic E-state index is 6.01. The van der Waals surface area contributed by atoms with Crippen LogP contribution in [0.5, 0.6) is 5.75 Å². The van der Waals surface area contributed by atoms with Gasteiger partial charge in [0.05, 0.1) is 6.61 Å². The Morgan fingerprint density at radius 2 is 1.90 bits per heavy atom. The Hall–Kier alpha value is -1.03. The molecule has 2 nitrogen and oxygen atoms in total. The van der Waals surface area contributed by atoms with Gasteiger partial charge in [-0.3, -0.25) is 0 Å². The van der Waals surface area contributed by atoms with Crippen LogP contribution in [0.3, 0.4) is 0 Å². The summed E-state index contributed by atoms with van der Waals surface area (Å²) in [4.78, 5) is 0. The van der Waals surface area contributed by atoms with Crippen LogP contribution >= 0.6 is 27.5 Å². The zero-order chi connectivity index (χ0) is 14.4. The molecule has 2 aromatic rings. The van der Waals surface area contributed by atoms with Crippen molar-refractivity contribution in [2.75, 3.05) is 13.2 Å². The Labute approximate surface area is 133 Å². The molecule has 4 heteroatoms. The third-order valence-corrected chi connectivity index (χ3v) is 3.92. The van der Waals surface area contributed by atoms with Crippen LogP contribution in [-0.2, 0) is 0 Å².